The lowest BCUT2D eigenvalue weighted by molar-refractivity contribution is -0.141. The molecular weight excluding hydrogens is 346 g/mol. The number of carbonyl (C=O) groups is 2. The second kappa shape index (κ2) is 9.53. The first-order chi connectivity index (χ1) is 13.2. The Balaban J connectivity index is 1.62. The summed E-state index contributed by atoms with van der Waals surface area (Å²) >= 11 is 0. The van der Waals surface area contributed by atoms with Gasteiger partial charge in [0.05, 0.1) is 32.8 Å². The van der Waals surface area contributed by atoms with Crippen molar-refractivity contribution in [3.05, 3.63) is 35.9 Å². The van der Waals surface area contributed by atoms with E-state index >= 15 is 0 Å². The van der Waals surface area contributed by atoms with Crippen LogP contribution in [0.1, 0.15) is 12.0 Å². The minimum absolute atomic E-state index is 0.0130. The van der Waals surface area contributed by atoms with Crippen LogP contribution in [-0.2, 0) is 14.3 Å². The molecule has 7 heteroatoms. The van der Waals surface area contributed by atoms with E-state index in [0.29, 0.717) is 39.4 Å². The molecule has 2 aliphatic rings. The van der Waals surface area contributed by atoms with Crippen LogP contribution < -0.4 is 10.1 Å². The van der Waals surface area contributed by atoms with Crippen molar-refractivity contribution in [3.8, 4) is 5.75 Å². The van der Waals surface area contributed by atoms with Gasteiger partial charge in [0.1, 0.15) is 5.75 Å². The van der Waals surface area contributed by atoms with E-state index < -0.39 is 6.04 Å². The zero-order chi connectivity index (χ0) is 19.1. The van der Waals surface area contributed by atoms with Crippen LogP contribution in [0.3, 0.4) is 0 Å². The fourth-order valence-electron chi connectivity index (χ4n) is 3.43. The molecule has 0 aromatic heterocycles. The molecule has 0 saturated carbocycles. The topological polar surface area (TPSA) is 71.1 Å². The minimum Gasteiger partial charge on any atom is -0.496 e. The molecule has 1 aromatic carbocycles. The fourth-order valence-corrected chi connectivity index (χ4v) is 3.43. The summed E-state index contributed by atoms with van der Waals surface area (Å²) in [6, 6.07) is 7.35. The van der Waals surface area contributed by atoms with Crippen molar-refractivity contribution >= 4 is 17.9 Å². The Hall–Kier alpha value is -2.38. The maximum Gasteiger partial charge on any atom is 0.237 e. The summed E-state index contributed by atoms with van der Waals surface area (Å²) in [7, 11) is 1.65. The smallest absolute Gasteiger partial charge is 0.237 e. The average Bonchev–Trinajstić information content (AvgIpc) is 2.71. The highest BCUT2D eigenvalue weighted by Gasteiger charge is 2.32. The number of rotatable bonds is 6. The van der Waals surface area contributed by atoms with Crippen molar-refractivity contribution in [2.45, 2.75) is 12.5 Å². The lowest BCUT2D eigenvalue weighted by atomic mass is 10.1. The van der Waals surface area contributed by atoms with Crippen molar-refractivity contribution < 1.29 is 19.1 Å². The molecule has 1 atom stereocenters. The van der Waals surface area contributed by atoms with Crippen LogP contribution in [0.25, 0.3) is 6.08 Å². The SMILES string of the molecule is COc1ccccc1/C=C/CN1CCNC(=O)C1CC(=O)N1CCOCC1. The van der Waals surface area contributed by atoms with Gasteiger partial charge in [0.2, 0.25) is 11.8 Å². The third-order valence-electron chi connectivity index (χ3n) is 4.95. The predicted molar refractivity (Wildman–Crippen MR) is 102 cm³/mol. The predicted octanol–water partition coefficient (Wildman–Crippen LogP) is 0.758. The van der Waals surface area contributed by atoms with Crippen LogP contribution in [0, 0.1) is 0 Å². The van der Waals surface area contributed by atoms with Crippen LogP contribution in [0.2, 0.25) is 0 Å². The molecule has 3 rings (SSSR count). The van der Waals surface area contributed by atoms with Crippen molar-refractivity contribution in [1.82, 2.24) is 15.1 Å². The highest BCUT2D eigenvalue weighted by atomic mass is 16.5. The van der Waals surface area contributed by atoms with E-state index in [4.69, 9.17) is 9.47 Å². The number of amides is 2. The number of nitrogens with one attached hydrogen (secondary N) is 1. The molecule has 7 nitrogen and oxygen atoms in total. The van der Waals surface area contributed by atoms with Gasteiger partial charge in [-0.25, -0.2) is 0 Å². The molecule has 27 heavy (non-hydrogen) atoms. The summed E-state index contributed by atoms with van der Waals surface area (Å²) in [5.74, 6) is 0.747. The van der Waals surface area contributed by atoms with Gasteiger partial charge in [0, 0.05) is 38.3 Å². The molecular formula is C20H27N3O4. The number of methoxy groups -OCH3 is 1. The van der Waals surface area contributed by atoms with Crippen LogP contribution in [-0.4, -0.2) is 80.7 Å². The Morgan fingerprint density at radius 2 is 2.07 bits per heavy atom. The summed E-state index contributed by atoms with van der Waals surface area (Å²) in [4.78, 5) is 28.8. The fraction of sp³-hybridized carbons (Fsp3) is 0.500. The summed E-state index contributed by atoms with van der Waals surface area (Å²) in [5.41, 5.74) is 0.988. The number of benzene rings is 1. The summed E-state index contributed by atoms with van der Waals surface area (Å²) in [5, 5.41) is 2.88. The highest BCUT2D eigenvalue weighted by Crippen LogP contribution is 2.19. The van der Waals surface area contributed by atoms with E-state index in [0.717, 1.165) is 17.9 Å². The maximum atomic E-state index is 12.6. The van der Waals surface area contributed by atoms with E-state index in [9.17, 15) is 9.59 Å². The van der Waals surface area contributed by atoms with E-state index in [-0.39, 0.29) is 18.2 Å². The quantitative estimate of drug-likeness (QED) is 0.797. The first-order valence-corrected chi connectivity index (χ1v) is 9.36. The molecule has 0 aliphatic carbocycles. The molecule has 146 valence electrons. The molecule has 2 fully saturated rings. The zero-order valence-corrected chi connectivity index (χ0v) is 15.7. The Kier molecular flexibility index (Phi) is 6.84. The molecule has 2 amide bonds. The summed E-state index contributed by atoms with van der Waals surface area (Å²) < 4.78 is 10.6. The normalized spacial score (nSPS) is 21.3. The molecule has 2 heterocycles. The third-order valence-corrected chi connectivity index (χ3v) is 4.95. The van der Waals surface area contributed by atoms with E-state index in [1.165, 1.54) is 0 Å². The average molecular weight is 373 g/mol. The summed E-state index contributed by atoms with van der Waals surface area (Å²) in [6.07, 6.45) is 4.21. The second-order valence-corrected chi connectivity index (χ2v) is 6.64. The summed E-state index contributed by atoms with van der Waals surface area (Å²) in [6.45, 7) is 4.25. The van der Waals surface area contributed by atoms with E-state index in [1.54, 1.807) is 12.0 Å². The number of carbonyl (C=O) groups excluding carboxylic acids is 2. The Labute approximate surface area is 159 Å². The number of para-hydroxylation sites is 1. The molecule has 2 aliphatic heterocycles. The van der Waals surface area contributed by atoms with Gasteiger partial charge in [0.15, 0.2) is 0 Å². The Morgan fingerprint density at radius 1 is 1.30 bits per heavy atom. The molecule has 2 saturated heterocycles. The third kappa shape index (κ3) is 5.08. The molecule has 0 bridgehead atoms. The number of nitrogens with zero attached hydrogens (tertiary/aromatic N) is 2. The van der Waals surface area contributed by atoms with Crippen molar-refractivity contribution in [1.29, 1.82) is 0 Å². The van der Waals surface area contributed by atoms with Gasteiger partial charge >= 0.3 is 0 Å². The van der Waals surface area contributed by atoms with Crippen LogP contribution in [0.5, 0.6) is 5.75 Å². The van der Waals surface area contributed by atoms with Crippen LogP contribution >= 0.6 is 0 Å². The first kappa shape index (κ1) is 19.4. The molecule has 0 spiro atoms. The van der Waals surface area contributed by atoms with Gasteiger partial charge in [-0.1, -0.05) is 30.4 Å². The Morgan fingerprint density at radius 3 is 2.85 bits per heavy atom. The maximum absolute atomic E-state index is 12.6. The zero-order valence-electron chi connectivity index (χ0n) is 15.7. The van der Waals surface area contributed by atoms with Crippen molar-refractivity contribution in [3.63, 3.8) is 0 Å². The number of morpholine rings is 1. The second-order valence-electron chi connectivity index (χ2n) is 6.64. The van der Waals surface area contributed by atoms with Gasteiger partial charge in [-0.05, 0) is 6.07 Å². The van der Waals surface area contributed by atoms with E-state index in [1.807, 2.05) is 36.4 Å². The lowest BCUT2D eigenvalue weighted by Gasteiger charge is -2.35. The van der Waals surface area contributed by atoms with E-state index in [2.05, 4.69) is 10.2 Å². The van der Waals surface area contributed by atoms with Gasteiger partial charge in [0.25, 0.3) is 0 Å². The molecule has 1 N–H and O–H groups in total. The largest absolute Gasteiger partial charge is 0.496 e. The number of hydrogen-bond donors (Lipinski definition) is 1. The van der Waals surface area contributed by atoms with Gasteiger partial charge in [-0.15, -0.1) is 0 Å². The van der Waals surface area contributed by atoms with Gasteiger partial charge < -0.3 is 19.7 Å². The molecule has 1 aromatic rings. The number of piperazine rings is 1. The minimum atomic E-state index is -0.434. The van der Waals surface area contributed by atoms with Crippen molar-refractivity contribution in [2.24, 2.45) is 0 Å². The first-order valence-electron chi connectivity index (χ1n) is 9.36. The van der Waals surface area contributed by atoms with Crippen LogP contribution in [0.4, 0.5) is 0 Å². The lowest BCUT2D eigenvalue weighted by Crippen LogP contribution is -2.57. The van der Waals surface area contributed by atoms with Crippen LogP contribution in [0.15, 0.2) is 30.3 Å². The van der Waals surface area contributed by atoms with Gasteiger partial charge in [-0.2, -0.15) is 0 Å². The molecule has 0 radical (unpaired) electrons. The Bertz CT molecular complexity index is 686. The number of hydrogen-bond acceptors (Lipinski definition) is 5. The highest BCUT2D eigenvalue weighted by molar-refractivity contribution is 5.89. The van der Waals surface area contributed by atoms with Crippen molar-refractivity contribution in [2.75, 3.05) is 53.0 Å². The standard InChI is InChI=1S/C20H27N3O4/c1-26-18-7-3-2-5-16(18)6-4-9-22-10-8-21-20(25)17(22)15-19(24)23-11-13-27-14-12-23/h2-7,17H,8-15H2,1H3,(H,21,25)/b6-4+. The molecule has 1 unspecified atom stereocenters. The number of ether oxygens (including phenoxy) is 2. The van der Waals surface area contributed by atoms with Gasteiger partial charge in [-0.3, -0.25) is 14.5 Å². The monoisotopic (exact) mass is 373 g/mol.